The Balaban J connectivity index is 1.68. The van der Waals surface area contributed by atoms with Gasteiger partial charge in [-0.15, -0.1) is 0 Å². The highest BCUT2D eigenvalue weighted by Crippen LogP contribution is 2.26. The Hall–Kier alpha value is -1.73. The number of aliphatic hydroxyl groups is 1. The maximum absolute atomic E-state index is 10.9. The summed E-state index contributed by atoms with van der Waals surface area (Å²) in [5, 5.41) is 21.9. The SMILES string of the molecule is Cc1noc(CC2(O)CCCN(Cc3c(C)n[nH]c3C)C2)n1. The van der Waals surface area contributed by atoms with E-state index >= 15 is 0 Å². The number of likely N-dealkylation sites (tertiary alicyclic amines) is 1. The number of nitrogens with one attached hydrogen (secondary N) is 1. The fourth-order valence-corrected chi connectivity index (χ4v) is 3.21. The normalized spacial score (nSPS) is 23.1. The summed E-state index contributed by atoms with van der Waals surface area (Å²) in [6, 6.07) is 0. The van der Waals surface area contributed by atoms with Crippen molar-refractivity contribution in [3.8, 4) is 0 Å². The maximum atomic E-state index is 10.9. The average Bonchev–Trinajstić information content (AvgIpc) is 2.99. The van der Waals surface area contributed by atoms with Gasteiger partial charge in [-0.3, -0.25) is 10.00 Å². The average molecular weight is 305 g/mol. The minimum Gasteiger partial charge on any atom is -0.388 e. The topological polar surface area (TPSA) is 91.1 Å². The molecule has 7 nitrogen and oxygen atoms in total. The third-order valence-electron chi connectivity index (χ3n) is 4.35. The van der Waals surface area contributed by atoms with E-state index in [2.05, 4.69) is 25.2 Å². The largest absolute Gasteiger partial charge is 0.388 e. The second-order valence-electron chi connectivity index (χ2n) is 6.36. The molecule has 120 valence electrons. The first-order chi connectivity index (χ1) is 10.5. The Bertz CT molecular complexity index is 631. The van der Waals surface area contributed by atoms with Crippen molar-refractivity contribution >= 4 is 0 Å². The van der Waals surface area contributed by atoms with Crippen LogP contribution in [0.25, 0.3) is 0 Å². The predicted molar refractivity (Wildman–Crippen MR) is 80.3 cm³/mol. The molecule has 3 heterocycles. The van der Waals surface area contributed by atoms with Gasteiger partial charge in [-0.25, -0.2) is 0 Å². The zero-order valence-electron chi connectivity index (χ0n) is 13.4. The zero-order valence-corrected chi connectivity index (χ0v) is 13.4. The van der Waals surface area contributed by atoms with E-state index in [1.165, 1.54) is 5.56 Å². The molecule has 1 aliphatic rings. The molecule has 2 N–H and O–H groups in total. The van der Waals surface area contributed by atoms with Crippen LogP contribution in [-0.4, -0.2) is 49.0 Å². The van der Waals surface area contributed by atoms with Crippen molar-refractivity contribution in [1.29, 1.82) is 0 Å². The van der Waals surface area contributed by atoms with Gasteiger partial charge < -0.3 is 9.63 Å². The van der Waals surface area contributed by atoms with Crippen LogP contribution in [0.3, 0.4) is 0 Å². The number of hydrogen-bond acceptors (Lipinski definition) is 6. The molecule has 0 aliphatic carbocycles. The number of aromatic amines is 1. The molecule has 1 atom stereocenters. The Kier molecular flexibility index (Phi) is 4.01. The molecule has 1 aliphatic heterocycles. The first-order valence-corrected chi connectivity index (χ1v) is 7.69. The summed E-state index contributed by atoms with van der Waals surface area (Å²) in [6.45, 7) is 8.23. The van der Waals surface area contributed by atoms with Crippen LogP contribution in [-0.2, 0) is 13.0 Å². The minimum absolute atomic E-state index is 0.410. The quantitative estimate of drug-likeness (QED) is 0.884. The first kappa shape index (κ1) is 15.2. The van der Waals surface area contributed by atoms with Crippen molar-refractivity contribution in [3.63, 3.8) is 0 Å². The molecule has 0 spiro atoms. The van der Waals surface area contributed by atoms with Gasteiger partial charge in [0.1, 0.15) is 0 Å². The molecule has 2 aromatic rings. The number of nitrogens with zero attached hydrogens (tertiary/aromatic N) is 4. The van der Waals surface area contributed by atoms with E-state index in [0.29, 0.717) is 24.7 Å². The molecule has 3 rings (SSSR count). The third kappa shape index (κ3) is 3.20. The van der Waals surface area contributed by atoms with Gasteiger partial charge in [0.15, 0.2) is 5.82 Å². The van der Waals surface area contributed by atoms with Gasteiger partial charge in [-0.1, -0.05) is 5.16 Å². The van der Waals surface area contributed by atoms with E-state index in [1.54, 1.807) is 6.92 Å². The summed E-state index contributed by atoms with van der Waals surface area (Å²) >= 11 is 0. The van der Waals surface area contributed by atoms with Crippen LogP contribution in [0, 0.1) is 20.8 Å². The van der Waals surface area contributed by atoms with Gasteiger partial charge in [0.05, 0.1) is 17.7 Å². The molecular formula is C15H23N5O2. The lowest BCUT2D eigenvalue weighted by molar-refractivity contribution is -0.0374. The maximum Gasteiger partial charge on any atom is 0.229 e. The van der Waals surface area contributed by atoms with E-state index in [0.717, 1.165) is 37.3 Å². The number of aryl methyl sites for hydroxylation is 3. The fraction of sp³-hybridized carbons (Fsp3) is 0.667. The number of H-pyrrole nitrogens is 1. The summed E-state index contributed by atoms with van der Waals surface area (Å²) in [6.07, 6.45) is 2.13. The van der Waals surface area contributed by atoms with E-state index in [1.807, 2.05) is 13.8 Å². The number of β-amino-alcohol motifs (C(OH)–C–C–N with tert-alkyl or cyclic N) is 1. The van der Waals surface area contributed by atoms with Crippen LogP contribution >= 0.6 is 0 Å². The highest BCUT2D eigenvalue weighted by Gasteiger charge is 2.35. The second kappa shape index (κ2) is 5.81. The Labute approximate surface area is 129 Å². The summed E-state index contributed by atoms with van der Waals surface area (Å²) < 4.78 is 5.16. The van der Waals surface area contributed by atoms with Gasteiger partial charge in [-0.2, -0.15) is 10.1 Å². The first-order valence-electron chi connectivity index (χ1n) is 7.69. The number of rotatable bonds is 4. The highest BCUT2D eigenvalue weighted by atomic mass is 16.5. The molecule has 1 saturated heterocycles. The smallest absolute Gasteiger partial charge is 0.229 e. The second-order valence-corrected chi connectivity index (χ2v) is 6.36. The van der Waals surface area contributed by atoms with Crippen molar-refractivity contribution in [2.24, 2.45) is 0 Å². The zero-order chi connectivity index (χ0) is 15.7. The van der Waals surface area contributed by atoms with Crippen molar-refractivity contribution in [1.82, 2.24) is 25.2 Å². The van der Waals surface area contributed by atoms with Crippen molar-refractivity contribution in [2.75, 3.05) is 13.1 Å². The number of hydrogen-bond donors (Lipinski definition) is 2. The van der Waals surface area contributed by atoms with Gasteiger partial charge in [0.25, 0.3) is 0 Å². The van der Waals surface area contributed by atoms with Crippen molar-refractivity contribution < 1.29 is 9.63 Å². The van der Waals surface area contributed by atoms with Gasteiger partial charge in [0, 0.05) is 24.3 Å². The van der Waals surface area contributed by atoms with Crippen molar-refractivity contribution in [2.45, 2.75) is 52.2 Å². The van der Waals surface area contributed by atoms with Crippen LogP contribution in [0.2, 0.25) is 0 Å². The van der Waals surface area contributed by atoms with E-state index in [-0.39, 0.29) is 0 Å². The molecule has 2 aromatic heterocycles. The molecule has 0 radical (unpaired) electrons. The monoisotopic (exact) mass is 305 g/mol. The summed E-state index contributed by atoms with van der Waals surface area (Å²) in [5.41, 5.74) is 2.54. The molecular weight excluding hydrogens is 282 g/mol. The van der Waals surface area contributed by atoms with Crippen LogP contribution in [0.5, 0.6) is 0 Å². The third-order valence-corrected chi connectivity index (χ3v) is 4.35. The molecule has 7 heteroatoms. The number of piperidine rings is 1. The lowest BCUT2D eigenvalue weighted by atomic mass is 9.89. The summed E-state index contributed by atoms with van der Waals surface area (Å²) in [7, 11) is 0. The summed E-state index contributed by atoms with van der Waals surface area (Å²) in [4.78, 5) is 6.48. The molecule has 0 bridgehead atoms. The molecule has 0 aromatic carbocycles. The lowest BCUT2D eigenvalue weighted by Gasteiger charge is -2.38. The fourth-order valence-electron chi connectivity index (χ4n) is 3.21. The van der Waals surface area contributed by atoms with E-state index in [9.17, 15) is 5.11 Å². The van der Waals surface area contributed by atoms with Crippen LogP contribution in [0.4, 0.5) is 0 Å². The van der Waals surface area contributed by atoms with Gasteiger partial charge in [0.2, 0.25) is 5.89 Å². The standard InChI is InChI=1S/C15H23N5O2/c1-10-13(11(2)18-17-10)8-20-6-4-5-15(21,9-20)7-14-16-12(3)19-22-14/h21H,4-9H2,1-3H3,(H,17,18). The van der Waals surface area contributed by atoms with Gasteiger partial charge in [-0.05, 0) is 40.2 Å². The van der Waals surface area contributed by atoms with E-state index < -0.39 is 5.60 Å². The summed E-state index contributed by atoms with van der Waals surface area (Å²) in [5.74, 6) is 1.12. The molecule has 1 unspecified atom stereocenters. The Morgan fingerprint density at radius 1 is 1.36 bits per heavy atom. The van der Waals surface area contributed by atoms with Crippen molar-refractivity contribution in [3.05, 3.63) is 28.7 Å². The molecule has 1 fully saturated rings. The minimum atomic E-state index is -0.803. The molecule has 0 amide bonds. The van der Waals surface area contributed by atoms with Crippen LogP contribution < -0.4 is 0 Å². The van der Waals surface area contributed by atoms with Crippen LogP contribution in [0.15, 0.2) is 4.52 Å². The highest BCUT2D eigenvalue weighted by molar-refractivity contribution is 5.23. The number of aromatic nitrogens is 4. The molecule has 22 heavy (non-hydrogen) atoms. The Morgan fingerprint density at radius 3 is 2.82 bits per heavy atom. The van der Waals surface area contributed by atoms with Crippen LogP contribution in [0.1, 0.15) is 41.5 Å². The van der Waals surface area contributed by atoms with Gasteiger partial charge >= 0.3 is 0 Å². The van der Waals surface area contributed by atoms with E-state index in [4.69, 9.17) is 4.52 Å². The Morgan fingerprint density at radius 2 is 2.18 bits per heavy atom. The predicted octanol–water partition coefficient (Wildman–Crippen LogP) is 1.29. The molecule has 0 saturated carbocycles. The lowest BCUT2D eigenvalue weighted by Crippen LogP contribution is -2.49.